The Balaban J connectivity index is 1.25. The minimum absolute atomic E-state index is 0.113. The molecule has 3 aromatic rings. The van der Waals surface area contributed by atoms with Crippen molar-refractivity contribution in [2.45, 2.75) is 56.4 Å². The van der Waals surface area contributed by atoms with Gasteiger partial charge in [-0.25, -0.2) is 9.40 Å². The van der Waals surface area contributed by atoms with E-state index < -0.39 is 11.4 Å². The fourth-order valence-corrected chi connectivity index (χ4v) is 7.75. The van der Waals surface area contributed by atoms with E-state index in [-0.39, 0.29) is 30.3 Å². The zero-order valence-electron chi connectivity index (χ0n) is 21.0. The van der Waals surface area contributed by atoms with Crippen LogP contribution in [0.15, 0.2) is 70.0 Å². The quantitative estimate of drug-likeness (QED) is 0.308. The fraction of sp³-hybridized carbons (Fsp3) is 0.367. The monoisotopic (exact) mass is 548 g/mol. The summed E-state index contributed by atoms with van der Waals surface area (Å²) in [7, 11) is 0. The smallest absolute Gasteiger partial charge is 0.317 e. The van der Waals surface area contributed by atoms with Crippen LogP contribution >= 0.6 is 22.7 Å². The standard InChI is InChI=1S/C30H29FN2O3S2/c31-22-9-4-8-21(18-22)30(13-1-2-14-30)29(35)36-19-26(34)33-28(25-12-6-16-38-25)24-11-3-7-20(27(24)32-33)17-23-10-5-15-37-23/h4-6,8-10,12,15-18,24,28H,1-3,7,11,13-14,19H2/b20-17-/t24-,28-/m1/s1. The second-order valence-corrected chi connectivity index (χ2v) is 12.2. The molecule has 1 amide bonds. The van der Waals surface area contributed by atoms with E-state index in [0.29, 0.717) is 18.4 Å². The van der Waals surface area contributed by atoms with E-state index in [0.717, 1.165) is 42.7 Å². The minimum atomic E-state index is -0.906. The van der Waals surface area contributed by atoms with Crippen molar-refractivity contribution in [3.63, 3.8) is 0 Å². The molecular weight excluding hydrogens is 519 g/mol. The number of halogens is 1. The lowest BCUT2D eigenvalue weighted by atomic mass is 9.79. The number of hydrazone groups is 1. The van der Waals surface area contributed by atoms with Crippen molar-refractivity contribution in [2.75, 3.05) is 6.61 Å². The van der Waals surface area contributed by atoms with Gasteiger partial charge in [0.2, 0.25) is 0 Å². The van der Waals surface area contributed by atoms with Crippen LogP contribution in [0.2, 0.25) is 0 Å². The molecule has 0 bridgehead atoms. The summed E-state index contributed by atoms with van der Waals surface area (Å²) >= 11 is 3.31. The lowest BCUT2D eigenvalue weighted by molar-refractivity contribution is -0.158. The Morgan fingerprint density at radius 2 is 1.89 bits per heavy atom. The third-order valence-corrected chi connectivity index (χ3v) is 9.77. The van der Waals surface area contributed by atoms with Crippen LogP contribution in [0.5, 0.6) is 0 Å². The topological polar surface area (TPSA) is 59.0 Å². The Morgan fingerprint density at radius 1 is 1.08 bits per heavy atom. The SMILES string of the molecule is O=C(COC(=O)C1(c2cccc(F)c2)CCCC1)N1N=C2/C(=C\c3cccs3)CCC[C@H]2[C@@H]1c1cccs1. The Kier molecular flexibility index (Phi) is 7.01. The van der Waals surface area contributed by atoms with E-state index in [4.69, 9.17) is 9.84 Å². The van der Waals surface area contributed by atoms with E-state index >= 15 is 0 Å². The summed E-state index contributed by atoms with van der Waals surface area (Å²) in [4.78, 5) is 29.3. The first kappa shape index (κ1) is 25.2. The number of benzene rings is 1. The van der Waals surface area contributed by atoms with Crippen LogP contribution < -0.4 is 0 Å². The average Bonchev–Trinajstić information content (AvgIpc) is 3.73. The number of carbonyl (C=O) groups is 2. The Labute approximate surface area is 229 Å². The van der Waals surface area contributed by atoms with Crippen LogP contribution in [-0.4, -0.2) is 29.2 Å². The molecule has 3 heterocycles. The number of hydrogen-bond acceptors (Lipinski definition) is 6. The lowest BCUT2D eigenvalue weighted by Crippen LogP contribution is -2.39. The van der Waals surface area contributed by atoms with Crippen molar-refractivity contribution in [3.8, 4) is 0 Å². The van der Waals surface area contributed by atoms with Gasteiger partial charge in [0, 0.05) is 15.7 Å². The second kappa shape index (κ2) is 10.6. The summed E-state index contributed by atoms with van der Waals surface area (Å²) in [6, 6.07) is 14.2. The molecule has 0 N–H and O–H groups in total. The lowest BCUT2D eigenvalue weighted by Gasteiger charge is -2.29. The van der Waals surface area contributed by atoms with Crippen LogP contribution in [-0.2, 0) is 19.7 Å². The van der Waals surface area contributed by atoms with Crippen molar-refractivity contribution in [1.82, 2.24) is 5.01 Å². The van der Waals surface area contributed by atoms with Crippen LogP contribution in [0.3, 0.4) is 0 Å². The summed E-state index contributed by atoms with van der Waals surface area (Å²) in [6.07, 6.45) is 8.01. The number of thiophene rings is 2. The van der Waals surface area contributed by atoms with Crippen molar-refractivity contribution in [2.24, 2.45) is 11.0 Å². The van der Waals surface area contributed by atoms with E-state index in [1.807, 2.05) is 17.5 Å². The Hall–Kier alpha value is -3.10. The van der Waals surface area contributed by atoms with Crippen molar-refractivity contribution >= 4 is 46.3 Å². The van der Waals surface area contributed by atoms with Crippen molar-refractivity contribution < 1.29 is 18.7 Å². The number of ether oxygens (including phenoxy) is 1. The van der Waals surface area contributed by atoms with Crippen molar-refractivity contribution in [1.29, 1.82) is 0 Å². The third kappa shape index (κ3) is 4.64. The van der Waals surface area contributed by atoms with E-state index in [1.54, 1.807) is 39.8 Å². The normalized spacial score (nSPS) is 23.3. The maximum absolute atomic E-state index is 14.0. The highest BCUT2D eigenvalue weighted by atomic mass is 32.1. The first-order valence-corrected chi connectivity index (χ1v) is 14.9. The largest absolute Gasteiger partial charge is 0.455 e. The fourth-order valence-electron chi connectivity index (χ4n) is 6.20. The average molecular weight is 549 g/mol. The maximum atomic E-state index is 14.0. The van der Waals surface area contributed by atoms with Gasteiger partial charge >= 0.3 is 5.97 Å². The molecule has 38 heavy (non-hydrogen) atoms. The van der Waals surface area contributed by atoms with Gasteiger partial charge in [0.1, 0.15) is 5.82 Å². The number of amides is 1. The number of rotatable bonds is 6. The molecule has 2 aromatic heterocycles. The zero-order valence-corrected chi connectivity index (χ0v) is 22.6. The van der Waals surface area contributed by atoms with Crippen LogP contribution in [0.25, 0.3) is 6.08 Å². The van der Waals surface area contributed by atoms with E-state index in [9.17, 15) is 14.0 Å². The molecule has 0 spiro atoms. The van der Waals surface area contributed by atoms with Gasteiger partial charge in [-0.15, -0.1) is 22.7 Å². The molecule has 0 radical (unpaired) electrons. The second-order valence-electron chi connectivity index (χ2n) is 10.2. The van der Waals surface area contributed by atoms with Crippen molar-refractivity contribution in [3.05, 3.63) is 86.0 Å². The van der Waals surface area contributed by atoms with Gasteiger partial charge in [-0.05, 0) is 84.3 Å². The van der Waals surface area contributed by atoms with Gasteiger partial charge in [-0.1, -0.05) is 37.1 Å². The molecule has 2 saturated carbocycles. The van der Waals surface area contributed by atoms with Crippen LogP contribution in [0, 0.1) is 11.7 Å². The van der Waals surface area contributed by atoms with Gasteiger partial charge in [-0.2, -0.15) is 5.10 Å². The molecule has 8 heteroatoms. The number of nitrogens with zero attached hydrogens (tertiary/aromatic N) is 2. The summed E-state index contributed by atoms with van der Waals surface area (Å²) in [5, 5.41) is 10.5. The molecule has 0 unspecified atom stereocenters. The summed E-state index contributed by atoms with van der Waals surface area (Å²) in [5.41, 5.74) is 1.86. The molecule has 5 nitrogen and oxygen atoms in total. The molecule has 1 aromatic carbocycles. The molecule has 2 aliphatic carbocycles. The molecule has 2 fully saturated rings. The highest BCUT2D eigenvalue weighted by Gasteiger charge is 2.47. The number of hydrogen-bond donors (Lipinski definition) is 0. The summed E-state index contributed by atoms with van der Waals surface area (Å²) in [5.74, 6) is -1.05. The third-order valence-electron chi connectivity index (χ3n) is 8.00. The highest BCUT2D eigenvalue weighted by Crippen LogP contribution is 2.46. The van der Waals surface area contributed by atoms with Gasteiger partial charge in [0.05, 0.1) is 17.2 Å². The Bertz CT molecular complexity index is 1370. The van der Waals surface area contributed by atoms with Gasteiger partial charge < -0.3 is 4.74 Å². The predicted molar refractivity (Wildman–Crippen MR) is 148 cm³/mol. The molecule has 1 aliphatic heterocycles. The van der Waals surface area contributed by atoms with E-state index in [1.165, 1.54) is 22.6 Å². The van der Waals surface area contributed by atoms with Crippen LogP contribution in [0.1, 0.15) is 66.3 Å². The molecule has 6 rings (SSSR count). The summed E-state index contributed by atoms with van der Waals surface area (Å²) < 4.78 is 19.7. The number of allylic oxidation sites excluding steroid dienone is 1. The number of carbonyl (C=O) groups excluding carboxylic acids is 2. The molecule has 2 atom stereocenters. The van der Waals surface area contributed by atoms with Crippen LogP contribution in [0.4, 0.5) is 4.39 Å². The number of esters is 1. The molecule has 0 saturated heterocycles. The van der Waals surface area contributed by atoms with Gasteiger partial charge in [-0.3, -0.25) is 9.59 Å². The zero-order chi connectivity index (χ0) is 26.1. The summed E-state index contributed by atoms with van der Waals surface area (Å²) in [6.45, 7) is -0.384. The maximum Gasteiger partial charge on any atom is 0.317 e. The molecule has 3 aliphatic rings. The highest BCUT2D eigenvalue weighted by molar-refractivity contribution is 7.11. The first-order valence-electron chi connectivity index (χ1n) is 13.2. The first-order chi connectivity index (χ1) is 18.5. The number of fused-ring (bicyclic) bond motifs is 1. The van der Waals surface area contributed by atoms with Gasteiger partial charge in [0.15, 0.2) is 6.61 Å². The van der Waals surface area contributed by atoms with E-state index in [2.05, 4.69) is 23.6 Å². The minimum Gasteiger partial charge on any atom is -0.455 e. The predicted octanol–water partition coefficient (Wildman–Crippen LogP) is 7.13. The molecule has 196 valence electrons. The Morgan fingerprint density at radius 3 is 2.63 bits per heavy atom. The molecular formula is C30H29FN2O3S2. The van der Waals surface area contributed by atoms with Gasteiger partial charge in [0.25, 0.3) is 5.91 Å².